The van der Waals surface area contributed by atoms with Crippen LogP contribution in [0.3, 0.4) is 0 Å². The number of carbonyl (C=O) groups is 1. The summed E-state index contributed by atoms with van der Waals surface area (Å²) in [6.45, 7) is 2.73. The van der Waals surface area contributed by atoms with Crippen molar-refractivity contribution in [3.8, 4) is 5.82 Å². The van der Waals surface area contributed by atoms with E-state index in [4.69, 9.17) is 0 Å². The molecule has 0 saturated carbocycles. The number of hydrogen-bond acceptors (Lipinski definition) is 5. The van der Waals surface area contributed by atoms with Crippen LogP contribution >= 0.6 is 0 Å². The molecule has 0 saturated heterocycles. The van der Waals surface area contributed by atoms with Gasteiger partial charge in [0.2, 0.25) is 5.91 Å². The fourth-order valence-electron chi connectivity index (χ4n) is 2.96. The Kier molecular flexibility index (Phi) is 4.61. The van der Waals surface area contributed by atoms with E-state index in [1.54, 1.807) is 23.5 Å². The summed E-state index contributed by atoms with van der Waals surface area (Å²) in [6.07, 6.45) is 6.56. The van der Waals surface area contributed by atoms with Crippen LogP contribution in [0.2, 0.25) is 0 Å². The highest BCUT2D eigenvalue weighted by molar-refractivity contribution is 5.79. The van der Waals surface area contributed by atoms with Crippen molar-refractivity contribution in [1.29, 1.82) is 0 Å². The van der Waals surface area contributed by atoms with Gasteiger partial charge in [-0.15, -0.1) is 0 Å². The first-order valence-electron chi connectivity index (χ1n) is 8.69. The molecule has 1 unspecified atom stereocenters. The van der Waals surface area contributed by atoms with Crippen molar-refractivity contribution in [2.24, 2.45) is 5.92 Å². The highest BCUT2D eigenvalue weighted by Gasteiger charge is 2.15. The van der Waals surface area contributed by atoms with Crippen LogP contribution in [0.1, 0.15) is 12.5 Å². The molecule has 8 heteroatoms. The summed E-state index contributed by atoms with van der Waals surface area (Å²) in [7, 11) is 0. The summed E-state index contributed by atoms with van der Waals surface area (Å²) in [5.41, 5.74) is 2.80. The summed E-state index contributed by atoms with van der Waals surface area (Å²) in [6, 6.07) is 11.7. The fourth-order valence-corrected chi connectivity index (χ4v) is 2.96. The Hall–Kier alpha value is -3.55. The van der Waals surface area contributed by atoms with E-state index in [9.17, 15) is 4.79 Å². The van der Waals surface area contributed by atoms with E-state index in [1.165, 1.54) is 6.33 Å². The number of amides is 1. The molecule has 3 aromatic heterocycles. The molecule has 1 aromatic carbocycles. The molecule has 4 rings (SSSR count). The second-order valence-corrected chi connectivity index (χ2v) is 6.33. The minimum Gasteiger partial charge on any atom is -0.352 e. The topological polar surface area (TPSA) is 90.5 Å². The number of rotatable bonds is 6. The van der Waals surface area contributed by atoms with E-state index in [0.717, 1.165) is 22.4 Å². The summed E-state index contributed by atoms with van der Waals surface area (Å²) >= 11 is 0. The van der Waals surface area contributed by atoms with Crippen molar-refractivity contribution in [1.82, 2.24) is 34.6 Å². The average Bonchev–Trinajstić information content (AvgIpc) is 3.36. The van der Waals surface area contributed by atoms with Gasteiger partial charge in [-0.25, -0.2) is 15.0 Å². The maximum Gasteiger partial charge on any atom is 0.224 e. The largest absolute Gasteiger partial charge is 0.352 e. The van der Waals surface area contributed by atoms with Crippen LogP contribution < -0.4 is 5.32 Å². The quantitative estimate of drug-likeness (QED) is 0.567. The molecule has 27 heavy (non-hydrogen) atoms. The van der Waals surface area contributed by atoms with E-state index in [0.29, 0.717) is 13.1 Å². The molecule has 0 bridgehead atoms. The van der Waals surface area contributed by atoms with Gasteiger partial charge in [-0.3, -0.25) is 14.0 Å². The van der Waals surface area contributed by atoms with Crippen LogP contribution in [0.4, 0.5) is 0 Å². The van der Waals surface area contributed by atoms with Gasteiger partial charge in [0, 0.05) is 18.3 Å². The Balaban J connectivity index is 1.51. The van der Waals surface area contributed by atoms with Crippen molar-refractivity contribution >= 4 is 16.9 Å². The lowest BCUT2D eigenvalue weighted by atomic mass is 10.1. The highest BCUT2D eigenvalue weighted by Crippen LogP contribution is 2.19. The van der Waals surface area contributed by atoms with E-state index in [1.807, 2.05) is 47.9 Å². The van der Waals surface area contributed by atoms with Crippen molar-refractivity contribution in [3.05, 3.63) is 67.1 Å². The van der Waals surface area contributed by atoms with E-state index in [-0.39, 0.29) is 11.8 Å². The van der Waals surface area contributed by atoms with Gasteiger partial charge in [-0.1, -0.05) is 25.1 Å². The lowest BCUT2D eigenvalue weighted by Gasteiger charge is -2.14. The van der Waals surface area contributed by atoms with Gasteiger partial charge < -0.3 is 5.32 Å². The number of benzene rings is 1. The molecular formula is C19H19N7O. The van der Waals surface area contributed by atoms with Gasteiger partial charge in [0.25, 0.3) is 0 Å². The maximum absolute atomic E-state index is 12.4. The van der Waals surface area contributed by atoms with Crippen molar-refractivity contribution < 1.29 is 4.79 Å². The number of pyridine rings is 1. The molecule has 0 radical (unpaired) electrons. The smallest absolute Gasteiger partial charge is 0.224 e. The summed E-state index contributed by atoms with van der Waals surface area (Å²) in [4.78, 5) is 25.3. The van der Waals surface area contributed by atoms with Crippen LogP contribution in [0, 0.1) is 5.92 Å². The predicted molar refractivity (Wildman–Crippen MR) is 99.9 cm³/mol. The maximum atomic E-state index is 12.4. The average molecular weight is 361 g/mol. The fraction of sp³-hybridized carbons (Fsp3) is 0.211. The zero-order valence-corrected chi connectivity index (χ0v) is 14.9. The molecule has 8 nitrogen and oxygen atoms in total. The summed E-state index contributed by atoms with van der Waals surface area (Å²) < 4.78 is 3.59. The lowest BCUT2D eigenvalue weighted by molar-refractivity contribution is -0.125. The third-order valence-corrected chi connectivity index (χ3v) is 4.38. The first-order valence-corrected chi connectivity index (χ1v) is 8.69. The van der Waals surface area contributed by atoms with Crippen LogP contribution in [-0.4, -0.2) is 35.2 Å². The van der Waals surface area contributed by atoms with Gasteiger partial charge in [0.1, 0.15) is 24.8 Å². The molecule has 4 aromatic rings. The van der Waals surface area contributed by atoms with E-state index < -0.39 is 0 Å². The number of nitrogens with zero attached hydrogens (tertiary/aromatic N) is 6. The number of fused-ring (bicyclic) bond motifs is 1. The third-order valence-electron chi connectivity index (χ3n) is 4.38. The summed E-state index contributed by atoms with van der Waals surface area (Å²) in [5.74, 6) is 0.493. The molecule has 1 N–H and O–H groups in total. The SMILES string of the molecule is CC(Cn1cncn1)C(=O)NCc1cccnc1-n1cnc2ccccc21. The van der Waals surface area contributed by atoms with Crippen LogP contribution in [0.15, 0.2) is 61.6 Å². The third kappa shape index (κ3) is 3.55. The summed E-state index contributed by atoms with van der Waals surface area (Å²) in [5, 5.41) is 7.03. The first kappa shape index (κ1) is 16.9. The van der Waals surface area contributed by atoms with Gasteiger partial charge in [0.05, 0.1) is 23.5 Å². The second kappa shape index (κ2) is 7.36. The minimum absolute atomic E-state index is 0.0456. The highest BCUT2D eigenvalue weighted by atomic mass is 16.1. The normalized spacial score (nSPS) is 12.2. The molecule has 3 heterocycles. The number of carbonyl (C=O) groups excluding carboxylic acids is 1. The molecule has 1 amide bonds. The van der Waals surface area contributed by atoms with Crippen LogP contribution in [0.5, 0.6) is 0 Å². The monoisotopic (exact) mass is 361 g/mol. The number of para-hydroxylation sites is 2. The molecule has 1 atom stereocenters. The van der Waals surface area contributed by atoms with Gasteiger partial charge in [-0.2, -0.15) is 5.10 Å². The number of imidazole rings is 1. The zero-order chi connectivity index (χ0) is 18.6. The standard InChI is InChI=1S/C19H19N7O/c1-14(10-25-12-20-11-24-25)19(27)22-9-15-5-4-8-21-18(15)26-13-23-16-6-2-3-7-17(16)26/h2-8,11-14H,9-10H2,1H3,(H,22,27). The van der Waals surface area contributed by atoms with Gasteiger partial charge in [0.15, 0.2) is 0 Å². The molecule has 136 valence electrons. The number of hydrogen-bond donors (Lipinski definition) is 1. The Bertz CT molecular complexity index is 1050. The Morgan fingerprint density at radius 3 is 2.89 bits per heavy atom. The second-order valence-electron chi connectivity index (χ2n) is 6.33. The molecular weight excluding hydrogens is 342 g/mol. The number of nitrogens with one attached hydrogen (secondary N) is 1. The van der Waals surface area contributed by atoms with Gasteiger partial charge in [-0.05, 0) is 18.2 Å². The lowest BCUT2D eigenvalue weighted by Crippen LogP contribution is -2.31. The zero-order valence-electron chi connectivity index (χ0n) is 14.9. The van der Waals surface area contributed by atoms with E-state index >= 15 is 0 Å². The van der Waals surface area contributed by atoms with Gasteiger partial charge >= 0.3 is 0 Å². The molecule has 0 aliphatic carbocycles. The molecule has 0 aliphatic heterocycles. The molecule has 0 aliphatic rings. The Labute approximate surface area is 155 Å². The van der Waals surface area contributed by atoms with Crippen molar-refractivity contribution in [2.75, 3.05) is 0 Å². The first-order chi connectivity index (χ1) is 13.2. The predicted octanol–water partition coefficient (Wildman–Crippen LogP) is 1.96. The minimum atomic E-state index is -0.221. The number of aromatic nitrogens is 6. The van der Waals surface area contributed by atoms with Crippen molar-refractivity contribution in [3.63, 3.8) is 0 Å². The molecule has 0 fully saturated rings. The van der Waals surface area contributed by atoms with Crippen molar-refractivity contribution in [2.45, 2.75) is 20.0 Å². The van der Waals surface area contributed by atoms with E-state index in [2.05, 4.69) is 25.4 Å². The van der Waals surface area contributed by atoms with Crippen LogP contribution in [0.25, 0.3) is 16.9 Å². The Morgan fingerprint density at radius 2 is 2.04 bits per heavy atom. The molecule has 0 spiro atoms. The Morgan fingerprint density at radius 1 is 1.15 bits per heavy atom. The van der Waals surface area contributed by atoms with Crippen LogP contribution in [-0.2, 0) is 17.9 Å².